The molecule has 2 aliphatic rings. The Labute approximate surface area is 151 Å². The largest absolute Gasteiger partial charge is 0.481 e. The quantitative estimate of drug-likeness (QED) is 0.440. The summed E-state index contributed by atoms with van der Waals surface area (Å²) in [6, 6.07) is 6.31. The molecule has 0 radical (unpaired) electrons. The number of nitrogens with one attached hydrogen (secondary N) is 1. The van der Waals surface area contributed by atoms with Crippen LogP contribution < -0.4 is 5.32 Å². The van der Waals surface area contributed by atoms with Crippen molar-refractivity contribution in [1.82, 2.24) is 0 Å². The summed E-state index contributed by atoms with van der Waals surface area (Å²) in [5.74, 6) is -3.53. The number of carboxylic acids is 1. The van der Waals surface area contributed by atoms with E-state index in [9.17, 15) is 19.5 Å². The number of esters is 1. The van der Waals surface area contributed by atoms with Crippen LogP contribution >= 0.6 is 0 Å². The van der Waals surface area contributed by atoms with E-state index in [1.807, 2.05) is 6.92 Å². The first kappa shape index (κ1) is 18.1. The standard InChI is InChI=1S/C19H21NO6/c1-2-3-10-25-19(24)11-4-6-12(7-5-11)20-17(21)15-13-8-9-14(26-13)16(15)18(22)23/h4-9,13-16H,2-3,10H2,1H3,(H,20,21)(H,22,23)/t13-,14-,15+,16-/m1/s1. The fourth-order valence-corrected chi connectivity index (χ4v) is 3.22. The summed E-state index contributed by atoms with van der Waals surface area (Å²) in [6.45, 7) is 2.39. The monoisotopic (exact) mass is 359 g/mol. The van der Waals surface area contributed by atoms with E-state index in [0.29, 0.717) is 17.9 Å². The minimum absolute atomic E-state index is 0.377. The van der Waals surface area contributed by atoms with Crippen LogP contribution in [-0.4, -0.2) is 41.8 Å². The number of unbranched alkanes of at least 4 members (excludes halogenated alkanes) is 1. The van der Waals surface area contributed by atoms with E-state index < -0.39 is 41.9 Å². The molecule has 0 aliphatic carbocycles. The minimum atomic E-state index is -1.05. The van der Waals surface area contributed by atoms with Crippen molar-refractivity contribution in [3.63, 3.8) is 0 Å². The molecule has 1 aromatic rings. The average molecular weight is 359 g/mol. The van der Waals surface area contributed by atoms with E-state index in [0.717, 1.165) is 12.8 Å². The number of anilines is 1. The third kappa shape index (κ3) is 3.62. The van der Waals surface area contributed by atoms with Gasteiger partial charge in [0.15, 0.2) is 0 Å². The molecular formula is C19H21NO6. The van der Waals surface area contributed by atoms with Crippen LogP contribution in [0.5, 0.6) is 0 Å². The Morgan fingerprint density at radius 3 is 2.38 bits per heavy atom. The number of hydrogen-bond donors (Lipinski definition) is 2. The van der Waals surface area contributed by atoms with Crippen molar-refractivity contribution >= 4 is 23.5 Å². The number of ether oxygens (including phenoxy) is 2. The van der Waals surface area contributed by atoms with E-state index in [2.05, 4.69) is 5.32 Å². The highest BCUT2D eigenvalue weighted by Crippen LogP contribution is 2.39. The molecule has 0 spiro atoms. The van der Waals surface area contributed by atoms with E-state index in [-0.39, 0.29) is 0 Å². The summed E-state index contributed by atoms with van der Waals surface area (Å²) in [7, 11) is 0. The fraction of sp³-hybridized carbons (Fsp3) is 0.421. The number of rotatable bonds is 7. The highest BCUT2D eigenvalue weighted by molar-refractivity contribution is 5.97. The Hall–Kier alpha value is -2.67. The van der Waals surface area contributed by atoms with Gasteiger partial charge in [0.25, 0.3) is 0 Å². The molecule has 7 nitrogen and oxygen atoms in total. The summed E-state index contributed by atoms with van der Waals surface area (Å²) < 4.78 is 10.6. The Kier molecular flexibility index (Phi) is 5.37. The van der Waals surface area contributed by atoms with Crippen LogP contribution in [0.15, 0.2) is 36.4 Å². The molecule has 0 unspecified atom stereocenters. The zero-order valence-electron chi connectivity index (χ0n) is 14.4. The van der Waals surface area contributed by atoms with Crippen molar-refractivity contribution in [1.29, 1.82) is 0 Å². The molecule has 2 heterocycles. The molecule has 2 aliphatic heterocycles. The molecule has 1 amide bonds. The molecular weight excluding hydrogens is 338 g/mol. The van der Waals surface area contributed by atoms with Gasteiger partial charge in [0.1, 0.15) is 5.92 Å². The maximum atomic E-state index is 12.5. The third-order valence-corrected chi connectivity index (χ3v) is 4.61. The van der Waals surface area contributed by atoms with Gasteiger partial charge in [-0.1, -0.05) is 25.5 Å². The average Bonchev–Trinajstić information content (AvgIpc) is 3.23. The van der Waals surface area contributed by atoms with Crippen LogP contribution in [0.1, 0.15) is 30.1 Å². The van der Waals surface area contributed by atoms with Crippen LogP contribution in [0.4, 0.5) is 5.69 Å². The van der Waals surface area contributed by atoms with Crippen molar-refractivity contribution < 1.29 is 29.0 Å². The zero-order chi connectivity index (χ0) is 18.7. The maximum absolute atomic E-state index is 12.5. The fourth-order valence-electron chi connectivity index (χ4n) is 3.22. The molecule has 0 aromatic heterocycles. The molecule has 1 saturated heterocycles. The predicted octanol–water partition coefficient (Wildman–Crippen LogP) is 2.24. The lowest BCUT2D eigenvalue weighted by atomic mass is 9.82. The second-order valence-electron chi connectivity index (χ2n) is 6.40. The van der Waals surface area contributed by atoms with Crippen molar-refractivity contribution in [3.05, 3.63) is 42.0 Å². The van der Waals surface area contributed by atoms with Crippen molar-refractivity contribution in [2.75, 3.05) is 11.9 Å². The summed E-state index contributed by atoms with van der Waals surface area (Å²) in [4.78, 5) is 35.8. The molecule has 0 saturated carbocycles. The molecule has 138 valence electrons. The Balaban J connectivity index is 1.62. The molecule has 7 heteroatoms. The number of carbonyl (C=O) groups is 3. The number of benzene rings is 1. The van der Waals surface area contributed by atoms with Gasteiger partial charge in [-0.15, -0.1) is 0 Å². The highest BCUT2D eigenvalue weighted by atomic mass is 16.5. The summed E-state index contributed by atoms with van der Waals surface area (Å²) in [5.41, 5.74) is 0.879. The maximum Gasteiger partial charge on any atom is 0.338 e. The minimum Gasteiger partial charge on any atom is -0.481 e. The van der Waals surface area contributed by atoms with E-state index in [1.54, 1.807) is 36.4 Å². The second kappa shape index (κ2) is 7.70. The van der Waals surface area contributed by atoms with Crippen LogP contribution in [-0.2, 0) is 19.1 Å². The summed E-state index contributed by atoms with van der Waals surface area (Å²) in [6.07, 6.45) is 4.08. The number of carbonyl (C=O) groups excluding carboxylic acids is 2. The van der Waals surface area contributed by atoms with Crippen molar-refractivity contribution in [2.24, 2.45) is 11.8 Å². The van der Waals surface area contributed by atoms with Gasteiger partial charge in [-0.25, -0.2) is 4.79 Å². The molecule has 1 fully saturated rings. The van der Waals surface area contributed by atoms with Gasteiger partial charge in [-0.2, -0.15) is 0 Å². The molecule has 1 aromatic carbocycles. The van der Waals surface area contributed by atoms with Gasteiger partial charge < -0.3 is 19.9 Å². The second-order valence-corrected chi connectivity index (χ2v) is 6.40. The van der Waals surface area contributed by atoms with Gasteiger partial charge in [0.05, 0.1) is 30.3 Å². The summed E-state index contributed by atoms with van der Waals surface area (Å²) in [5, 5.41) is 12.1. The normalized spacial score (nSPS) is 25.9. The van der Waals surface area contributed by atoms with E-state index in [1.165, 1.54) is 0 Å². The highest BCUT2D eigenvalue weighted by Gasteiger charge is 2.53. The number of aliphatic carboxylic acids is 1. The molecule has 2 bridgehead atoms. The van der Waals surface area contributed by atoms with Crippen molar-refractivity contribution in [3.8, 4) is 0 Å². The Bertz CT molecular complexity index is 726. The first-order chi connectivity index (χ1) is 12.5. The van der Waals surface area contributed by atoms with Crippen LogP contribution in [0, 0.1) is 11.8 Å². The van der Waals surface area contributed by atoms with Crippen LogP contribution in [0.3, 0.4) is 0 Å². The first-order valence-electron chi connectivity index (χ1n) is 8.66. The lowest BCUT2D eigenvalue weighted by Gasteiger charge is -2.21. The number of fused-ring (bicyclic) bond motifs is 2. The Morgan fingerprint density at radius 2 is 1.77 bits per heavy atom. The summed E-state index contributed by atoms with van der Waals surface area (Å²) >= 11 is 0. The molecule has 3 rings (SSSR count). The molecule has 4 atom stereocenters. The SMILES string of the molecule is CCCCOC(=O)c1ccc(NC(=O)[C@@H]2[C@H](C(=O)O)[C@H]3C=C[C@H]2O3)cc1. The van der Waals surface area contributed by atoms with E-state index in [4.69, 9.17) is 9.47 Å². The van der Waals surface area contributed by atoms with Gasteiger partial charge >= 0.3 is 11.9 Å². The van der Waals surface area contributed by atoms with Crippen molar-refractivity contribution in [2.45, 2.75) is 32.0 Å². The van der Waals surface area contributed by atoms with Crippen LogP contribution in [0.2, 0.25) is 0 Å². The lowest BCUT2D eigenvalue weighted by Crippen LogP contribution is -2.39. The first-order valence-corrected chi connectivity index (χ1v) is 8.66. The number of hydrogen-bond acceptors (Lipinski definition) is 5. The number of amides is 1. The predicted molar refractivity (Wildman–Crippen MR) is 92.7 cm³/mol. The zero-order valence-corrected chi connectivity index (χ0v) is 14.4. The lowest BCUT2D eigenvalue weighted by molar-refractivity contribution is -0.145. The van der Waals surface area contributed by atoms with Gasteiger partial charge in [0, 0.05) is 5.69 Å². The van der Waals surface area contributed by atoms with Crippen LogP contribution in [0.25, 0.3) is 0 Å². The third-order valence-electron chi connectivity index (χ3n) is 4.61. The molecule has 26 heavy (non-hydrogen) atoms. The van der Waals surface area contributed by atoms with E-state index >= 15 is 0 Å². The van der Waals surface area contributed by atoms with Gasteiger partial charge in [-0.3, -0.25) is 9.59 Å². The van der Waals surface area contributed by atoms with Gasteiger partial charge in [0.2, 0.25) is 5.91 Å². The smallest absolute Gasteiger partial charge is 0.338 e. The topological polar surface area (TPSA) is 102 Å². The Morgan fingerprint density at radius 1 is 1.12 bits per heavy atom. The van der Waals surface area contributed by atoms with Gasteiger partial charge in [-0.05, 0) is 30.7 Å². The molecule has 2 N–H and O–H groups in total. The number of carboxylic acid groups (broad SMARTS) is 1.